The minimum absolute atomic E-state index is 0.235. The minimum Gasteiger partial charge on any atom is -0.496 e. The fourth-order valence-corrected chi connectivity index (χ4v) is 2.79. The van der Waals surface area contributed by atoms with Crippen LogP contribution in [-0.4, -0.2) is 13.0 Å². The van der Waals surface area contributed by atoms with Crippen molar-refractivity contribution in [3.63, 3.8) is 0 Å². The average molecular weight is 412 g/mol. The lowest BCUT2D eigenvalue weighted by Crippen LogP contribution is -2.13. The zero-order chi connectivity index (χ0) is 18.4. The lowest BCUT2D eigenvalue weighted by Gasteiger charge is -2.11. The van der Waals surface area contributed by atoms with Crippen LogP contribution in [-0.2, 0) is 6.61 Å². The number of amides is 1. The number of halogens is 1. The third-order valence-corrected chi connectivity index (χ3v) is 4.26. The number of ether oxygens (including phenoxy) is 2. The largest absolute Gasteiger partial charge is 0.496 e. The van der Waals surface area contributed by atoms with Gasteiger partial charge in [0, 0.05) is 10.2 Å². The maximum absolute atomic E-state index is 12.5. The van der Waals surface area contributed by atoms with Crippen molar-refractivity contribution >= 4 is 27.5 Å². The van der Waals surface area contributed by atoms with Crippen molar-refractivity contribution in [1.29, 1.82) is 0 Å². The van der Waals surface area contributed by atoms with E-state index in [2.05, 4.69) is 21.2 Å². The molecule has 0 fully saturated rings. The number of hydrogen-bond acceptors (Lipinski definition) is 3. The molecule has 0 aromatic heterocycles. The Morgan fingerprint density at radius 2 is 1.73 bits per heavy atom. The summed E-state index contributed by atoms with van der Waals surface area (Å²) >= 11 is 3.37. The first-order valence-electron chi connectivity index (χ1n) is 8.07. The number of methoxy groups -OCH3 is 1. The Labute approximate surface area is 160 Å². The van der Waals surface area contributed by atoms with Gasteiger partial charge in [-0.2, -0.15) is 0 Å². The highest BCUT2D eigenvalue weighted by atomic mass is 79.9. The van der Waals surface area contributed by atoms with Gasteiger partial charge < -0.3 is 14.8 Å². The summed E-state index contributed by atoms with van der Waals surface area (Å²) in [5.74, 6) is 1.03. The monoisotopic (exact) mass is 411 g/mol. The molecule has 132 valence electrons. The smallest absolute Gasteiger partial charge is 0.259 e. The van der Waals surface area contributed by atoms with Gasteiger partial charge in [-0.1, -0.05) is 46.3 Å². The quantitative estimate of drug-likeness (QED) is 0.599. The van der Waals surface area contributed by atoms with Crippen molar-refractivity contribution in [2.24, 2.45) is 0 Å². The van der Waals surface area contributed by atoms with E-state index >= 15 is 0 Å². The second kappa shape index (κ2) is 8.54. The molecule has 3 aromatic carbocycles. The summed E-state index contributed by atoms with van der Waals surface area (Å²) in [5, 5.41) is 2.87. The molecule has 5 heteroatoms. The van der Waals surface area contributed by atoms with E-state index in [9.17, 15) is 4.79 Å². The molecule has 0 unspecified atom stereocenters. The molecular weight excluding hydrogens is 394 g/mol. The van der Waals surface area contributed by atoms with Gasteiger partial charge in [0.15, 0.2) is 0 Å². The van der Waals surface area contributed by atoms with Crippen molar-refractivity contribution in [2.45, 2.75) is 6.61 Å². The number of carbonyl (C=O) groups is 1. The molecule has 4 nitrogen and oxygen atoms in total. The predicted octanol–water partition coefficient (Wildman–Crippen LogP) is 5.29. The first kappa shape index (κ1) is 18.0. The van der Waals surface area contributed by atoms with Gasteiger partial charge in [-0.3, -0.25) is 4.79 Å². The van der Waals surface area contributed by atoms with E-state index in [0.29, 0.717) is 23.6 Å². The summed E-state index contributed by atoms with van der Waals surface area (Å²) in [7, 11) is 1.54. The molecule has 0 bridgehead atoms. The lowest BCUT2D eigenvalue weighted by molar-refractivity contribution is 0.102. The molecule has 0 saturated carbocycles. The molecule has 1 amide bonds. The van der Waals surface area contributed by atoms with Crippen LogP contribution >= 0.6 is 15.9 Å². The first-order chi connectivity index (χ1) is 12.7. The molecule has 1 N–H and O–H groups in total. The van der Waals surface area contributed by atoms with Gasteiger partial charge in [-0.05, 0) is 48.0 Å². The van der Waals surface area contributed by atoms with Gasteiger partial charge in [0.05, 0.1) is 12.7 Å². The summed E-state index contributed by atoms with van der Waals surface area (Å²) in [4.78, 5) is 12.5. The minimum atomic E-state index is -0.235. The molecule has 0 aliphatic heterocycles. The fraction of sp³-hybridized carbons (Fsp3) is 0.0952. The molecule has 0 heterocycles. The molecule has 3 aromatic rings. The SMILES string of the molecule is COc1ccc(Br)cc1C(=O)Nc1ccc(OCc2ccccc2)cc1. The Morgan fingerprint density at radius 3 is 2.42 bits per heavy atom. The van der Waals surface area contributed by atoms with E-state index in [-0.39, 0.29) is 5.91 Å². The molecule has 0 atom stereocenters. The third-order valence-electron chi connectivity index (χ3n) is 3.77. The Bertz CT molecular complexity index is 880. The zero-order valence-electron chi connectivity index (χ0n) is 14.2. The van der Waals surface area contributed by atoms with E-state index in [1.165, 1.54) is 0 Å². The van der Waals surface area contributed by atoms with Crippen LogP contribution in [0.2, 0.25) is 0 Å². The topological polar surface area (TPSA) is 47.6 Å². The lowest BCUT2D eigenvalue weighted by atomic mass is 10.2. The van der Waals surface area contributed by atoms with Gasteiger partial charge in [0.2, 0.25) is 0 Å². The van der Waals surface area contributed by atoms with Crippen molar-refractivity contribution < 1.29 is 14.3 Å². The standard InChI is InChI=1S/C21H18BrNO3/c1-25-20-12-7-16(22)13-19(20)21(24)23-17-8-10-18(11-9-17)26-14-15-5-3-2-4-6-15/h2-13H,14H2,1H3,(H,23,24). The molecule has 0 saturated heterocycles. The second-order valence-electron chi connectivity index (χ2n) is 5.60. The van der Waals surface area contributed by atoms with E-state index in [4.69, 9.17) is 9.47 Å². The molecule has 0 spiro atoms. The summed E-state index contributed by atoms with van der Waals surface area (Å²) < 4.78 is 11.8. The zero-order valence-corrected chi connectivity index (χ0v) is 15.8. The molecule has 3 rings (SSSR count). The Balaban J connectivity index is 1.64. The van der Waals surface area contributed by atoms with Crippen LogP contribution in [0.1, 0.15) is 15.9 Å². The van der Waals surface area contributed by atoms with Crippen molar-refractivity contribution in [1.82, 2.24) is 0 Å². The summed E-state index contributed by atoms with van der Waals surface area (Å²) in [5.41, 5.74) is 2.25. The van der Waals surface area contributed by atoms with Crippen LogP contribution in [0.15, 0.2) is 77.3 Å². The number of rotatable bonds is 6. The average Bonchev–Trinajstić information content (AvgIpc) is 2.68. The van der Waals surface area contributed by atoms with Crippen LogP contribution in [0.25, 0.3) is 0 Å². The molecule has 0 aliphatic rings. The van der Waals surface area contributed by atoms with Crippen LogP contribution in [0.4, 0.5) is 5.69 Å². The third kappa shape index (κ3) is 4.64. The normalized spacial score (nSPS) is 10.2. The fourth-order valence-electron chi connectivity index (χ4n) is 2.43. The van der Waals surface area contributed by atoms with Crippen molar-refractivity contribution in [3.8, 4) is 11.5 Å². The maximum atomic E-state index is 12.5. The van der Waals surface area contributed by atoms with Gasteiger partial charge in [0.25, 0.3) is 5.91 Å². The van der Waals surface area contributed by atoms with Crippen LogP contribution < -0.4 is 14.8 Å². The van der Waals surface area contributed by atoms with Crippen LogP contribution in [0.5, 0.6) is 11.5 Å². The van der Waals surface area contributed by atoms with Gasteiger partial charge >= 0.3 is 0 Å². The van der Waals surface area contributed by atoms with E-state index in [1.807, 2.05) is 60.7 Å². The summed E-state index contributed by atoms with van der Waals surface area (Å²) in [6.07, 6.45) is 0. The Kier molecular flexibility index (Phi) is 5.92. The highest BCUT2D eigenvalue weighted by molar-refractivity contribution is 9.10. The molecule has 0 radical (unpaired) electrons. The summed E-state index contributed by atoms with van der Waals surface area (Å²) in [6, 6.07) is 22.5. The van der Waals surface area contributed by atoms with E-state index in [0.717, 1.165) is 15.8 Å². The van der Waals surface area contributed by atoms with Crippen molar-refractivity contribution in [3.05, 3.63) is 88.4 Å². The maximum Gasteiger partial charge on any atom is 0.259 e. The molecular formula is C21H18BrNO3. The summed E-state index contributed by atoms with van der Waals surface area (Å²) in [6.45, 7) is 0.502. The molecule has 0 aliphatic carbocycles. The predicted molar refractivity (Wildman–Crippen MR) is 106 cm³/mol. The number of hydrogen-bond donors (Lipinski definition) is 1. The Hall–Kier alpha value is -2.79. The van der Waals surface area contributed by atoms with E-state index in [1.54, 1.807) is 19.2 Å². The Morgan fingerprint density at radius 1 is 1.00 bits per heavy atom. The highest BCUT2D eigenvalue weighted by Gasteiger charge is 2.13. The number of anilines is 1. The van der Waals surface area contributed by atoms with Crippen molar-refractivity contribution in [2.75, 3.05) is 12.4 Å². The number of nitrogens with one attached hydrogen (secondary N) is 1. The van der Waals surface area contributed by atoms with Crippen LogP contribution in [0, 0.1) is 0 Å². The second-order valence-corrected chi connectivity index (χ2v) is 6.51. The van der Waals surface area contributed by atoms with Gasteiger partial charge in [0.1, 0.15) is 18.1 Å². The van der Waals surface area contributed by atoms with E-state index < -0.39 is 0 Å². The number of carbonyl (C=O) groups excluding carboxylic acids is 1. The van der Waals surface area contributed by atoms with Crippen LogP contribution in [0.3, 0.4) is 0 Å². The molecule has 26 heavy (non-hydrogen) atoms. The van der Waals surface area contributed by atoms with Gasteiger partial charge in [-0.25, -0.2) is 0 Å². The first-order valence-corrected chi connectivity index (χ1v) is 8.86. The number of benzene rings is 3. The highest BCUT2D eigenvalue weighted by Crippen LogP contribution is 2.24. The van der Waals surface area contributed by atoms with Gasteiger partial charge in [-0.15, -0.1) is 0 Å².